The van der Waals surface area contributed by atoms with Crippen molar-refractivity contribution in [1.29, 1.82) is 0 Å². The zero-order valence-electron chi connectivity index (χ0n) is 21.6. The Hall–Kier alpha value is -4.21. The number of para-hydroxylation sites is 2. The summed E-state index contributed by atoms with van der Waals surface area (Å²) in [6.07, 6.45) is 1.32. The smallest absolute Gasteiger partial charge is 0.249 e. The second-order valence-electron chi connectivity index (χ2n) is 10.6. The number of carbonyl (C=O) groups excluding carboxylic acids is 2. The summed E-state index contributed by atoms with van der Waals surface area (Å²) < 4.78 is 43.0. The minimum atomic E-state index is -2.63. The van der Waals surface area contributed by atoms with Crippen LogP contribution in [0.4, 0.5) is 13.2 Å². The molecule has 3 unspecified atom stereocenters. The number of imidazole rings is 1. The van der Waals surface area contributed by atoms with Crippen molar-refractivity contribution in [2.24, 2.45) is 0 Å². The highest BCUT2D eigenvalue weighted by molar-refractivity contribution is 5.89. The predicted octanol–water partition coefficient (Wildman–Crippen LogP) is 4.79. The minimum Gasteiger partial charge on any atom is -0.342 e. The van der Waals surface area contributed by atoms with Gasteiger partial charge in [0.2, 0.25) is 17.7 Å². The monoisotopic (exact) mass is 547 g/mol. The number of likely N-dealkylation sites (tertiary alicyclic amines) is 1. The second kappa shape index (κ2) is 10.4. The number of halogens is 3. The lowest BCUT2D eigenvalue weighted by atomic mass is 9.77. The van der Waals surface area contributed by atoms with Gasteiger partial charge in [-0.15, -0.1) is 0 Å². The summed E-state index contributed by atoms with van der Waals surface area (Å²) in [5, 5.41) is 2.97. The van der Waals surface area contributed by atoms with Gasteiger partial charge in [-0.05, 0) is 35.2 Å². The van der Waals surface area contributed by atoms with Crippen LogP contribution in [0, 0.1) is 0 Å². The Morgan fingerprint density at radius 2 is 1.75 bits per heavy atom. The molecule has 206 valence electrons. The Morgan fingerprint density at radius 3 is 2.48 bits per heavy atom. The molecule has 6 rings (SSSR count). The fourth-order valence-corrected chi connectivity index (χ4v) is 5.62. The van der Waals surface area contributed by atoms with Crippen LogP contribution >= 0.6 is 0 Å². The maximum Gasteiger partial charge on any atom is 0.249 e. The first-order chi connectivity index (χ1) is 19.3. The number of fused-ring (bicyclic) bond motifs is 1. The Bertz CT molecular complexity index is 1520. The molecule has 2 fully saturated rings. The van der Waals surface area contributed by atoms with E-state index in [9.17, 15) is 22.8 Å². The number of benzene rings is 2. The van der Waals surface area contributed by atoms with Gasteiger partial charge in [-0.1, -0.05) is 48.5 Å². The molecular formula is C30H28F3N5O2. The van der Waals surface area contributed by atoms with Gasteiger partial charge in [0.25, 0.3) is 0 Å². The normalized spacial score (nSPS) is 21.2. The molecule has 2 amide bonds. The molecular weight excluding hydrogens is 519 g/mol. The van der Waals surface area contributed by atoms with Crippen LogP contribution in [-0.4, -0.2) is 55.9 Å². The molecule has 40 heavy (non-hydrogen) atoms. The fraction of sp³-hybridized carbons (Fsp3) is 0.333. The van der Waals surface area contributed by atoms with Gasteiger partial charge in [-0.25, -0.2) is 18.2 Å². The molecule has 3 heterocycles. The number of alkyl halides is 3. The molecule has 0 bridgehead atoms. The van der Waals surface area contributed by atoms with E-state index in [0.717, 1.165) is 22.2 Å². The average Bonchev–Trinajstić information content (AvgIpc) is 3.54. The SMILES string of the molecule is O=C(NC(c1ccccc1)c1ccc(C2CC(F)(F)C2)cn1)C1CC(F)CN1C(=O)Cn1cnc2ccccc21. The lowest BCUT2D eigenvalue weighted by Gasteiger charge is -2.35. The van der Waals surface area contributed by atoms with Gasteiger partial charge in [0, 0.05) is 25.5 Å². The van der Waals surface area contributed by atoms with Crippen molar-refractivity contribution >= 4 is 22.8 Å². The highest BCUT2D eigenvalue weighted by Gasteiger charge is 2.46. The van der Waals surface area contributed by atoms with Crippen molar-refractivity contribution in [1.82, 2.24) is 24.8 Å². The molecule has 0 spiro atoms. The van der Waals surface area contributed by atoms with E-state index < -0.39 is 30.1 Å². The predicted molar refractivity (Wildman–Crippen MR) is 142 cm³/mol. The molecule has 0 radical (unpaired) electrons. The number of rotatable bonds is 7. The van der Waals surface area contributed by atoms with Crippen LogP contribution < -0.4 is 5.32 Å². The molecule has 1 saturated heterocycles. The summed E-state index contributed by atoms with van der Waals surface area (Å²) in [5.41, 5.74) is 3.52. The van der Waals surface area contributed by atoms with E-state index in [2.05, 4.69) is 15.3 Å². The Balaban J connectivity index is 1.21. The van der Waals surface area contributed by atoms with Gasteiger partial charge in [0.05, 0.1) is 35.6 Å². The summed E-state index contributed by atoms with van der Waals surface area (Å²) >= 11 is 0. The van der Waals surface area contributed by atoms with Crippen molar-refractivity contribution < 1.29 is 22.8 Å². The van der Waals surface area contributed by atoms with Crippen molar-refractivity contribution in [2.45, 2.75) is 55.9 Å². The number of nitrogens with zero attached hydrogens (tertiary/aromatic N) is 4. The number of amides is 2. The number of carbonyl (C=O) groups is 2. The van der Waals surface area contributed by atoms with Gasteiger partial charge in [-0.2, -0.15) is 0 Å². The van der Waals surface area contributed by atoms with Crippen molar-refractivity contribution in [3.05, 3.63) is 96.1 Å². The van der Waals surface area contributed by atoms with Gasteiger partial charge < -0.3 is 14.8 Å². The van der Waals surface area contributed by atoms with Crippen molar-refractivity contribution in [3.8, 4) is 0 Å². The van der Waals surface area contributed by atoms with E-state index >= 15 is 0 Å². The number of aromatic nitrogens is 3. The first-order valence-electron chi connectivity index (χ1n) is 13.3. The van der Waals surface area contributed by atoms with Crippen LogP contribution in [0.3, 0.4) is 0 Å². The molecule has 1 N–H and O–H groups in total. The van der Waals surface area contributed by atoms with Crippen LogP contribution in [0.15, 0.2) is 79.3 Å². The summed E-state index contributed by atoms with van der Waals surface area (Å²) in [7, 11) is 0. The standard InChI is InChI=1S/C30H28F3N5O2/c31-22-12-26(38(16-22)27(39)17-37-18-35-23-8-4-5-9-25(23)37)29(40)36-28(19-6-2-1-3-7-19)24-11-10-20(15-34-24)21-13-30(32,33)14-21/h1-11,15,18,21-22,26,28H,12-14,16-17H2,(H,36,40). The van der Waals surface area contributed by atoms with Gasteiger partial charge in [-0.3, -0.25) is 14.6 Å². The molecule has 1 saturated carbocycles. The van der Waals surface area contributed by atoms with E-state index in [4.69, 9.17) is 0 Å². The molecule has 10 heteroatoms. The van der Waals surface area contributed by atoms with Gasteiger partial charge >= 0.3 is 0 Å². The van der Waals surface area contributed by atoms with E-state index in [-0.39, 0.29) is 44.2 Å². The molecule has 1 aliphatic carbocycles. The van der Waals surface area contributed by atoms with E-state index in [1.807, 2.05) is 54.6 Å². The van der Waals surface area contributed by atoms with Crippen LogP contribution in [0.25, 0.3) is 11.0 Å². The average molecular weight is 548 g/mol. The maximum absolute atomic E-state index is 14.6. The quantitative estimate of drug-likeness (QED) is 0.361. The fourth-order valence-electron chi connectivity index (χ4n) is 5.62. The third-order valence-corrected chi connectivity index (χ3v) is 7.79. The molecule has 1 aliphatic heterocycles. The van der Waals surface area contributed by atoms with Crippen molar-refractivity contribution in [2.75, 3.05) is 6.54 Å². The Morgan fingerprint density at radius 1 is 1.00 bits per heavy atom. The number of nitrogens with one attached hydrogen (secondary N) is 1. The van der Waals surface area contributed by atoms with Crippen LogP contribution in [0.1, 0.15) is 48.0 Å². The molecule has 2 aromatic carbocycles. The molecule has 3 atom stereocenters. The number of pyridine rings is 1. The highest BCUT2D eigenvalue weighted by atomic mass is 19.3. The van der Waals surface area contributed by atoms with E-state index in [1.165, 1.54) is 4.90 Å². The van der Waals surface area contributed by atoms with E-state index in [1.54, 1.807) is 29.2 Å². The number of hydrogen-bond donors (Lipinski definition) is 1. The molecule has 7 nitrogen and oxygen atoms in total. The van der Waals surface area contributed by atoms with Crippen LogP contribution in [-0.2, 0) is 16.1 Å². The lowest BCUT2D eigenvalue weighted by molar-refractivity contribution is -0.139. The molecule has 4 aromatic rings. The molecule has 2 aliphatic rings. The first kappa shape index (κ1) is 26.0. The van der Waals surface area contributed by atoms with E-state index in [0.29, 0.717) is 5.69 Å². The largest absolute Gasteiger partial charge is 0.342 e. The topological polar surface area (TPSA) is 80.1 Å². The van der Waals surface area contributed by atoms with Gasteiger partial charge in [0.1, 0.15) is 18.8 Å². The molecule has 2 aromatic heterocycles. The second-order valence-corrected chi connectivity index (χ2v) is 10.6. The maximum atomic E-state index is 14.6. The summed E-state index contributed by atoms with van der Waals surface area (Å²) in [6.45, 7) is -0.235. The third kappa shape index (κ3) is 5.17. The summed E-state index contributed by atoms with van der Waals surface area (Å²) in [6, 6.07) is 18.4. The zero-order chi connectivity index (χ0) is 27.9. The zero-order valence-corrected chi connectivity index (χ0v) is 21.6. The van der Waals surface area contributed by atoms with Crippen LogP contribution in [0.2, 0.25) is 0 Å². The van der Waals surface area contributed by atoms with Crippen molar-refractivity contribution in [3.63, 3.8) is 0 Å². The summed E-state index contributed by atoms with van der Waals surface area (Å²) in [4.78, 5) is 37.0. The minimum absolute atomic E-state index is 0.0671. The summed E-state index contributed by atoms with van der Waals surface area (Å²) in [5.74, 6) is -3.73. The third-order valence-electron chi connectivity index (χ3n) is 7.79. The van der Waals surface area contributed by atoms with Gasteiger partial charge in [0.15, 0.2) is 0 Å². The first-order valence-corrected chi connectivity index (χ1v) is 13.3. The lowest BCUT2D eigenvalue weighted by Crippen LogP contribution is -2.48. The highest BCUT2D eigenvalue weighted by Crippen LogP contribution is 2.48. The Labute approximate surface area is 229 Å². The number of hydrogen-bond acceptors (Lipinski definition) is 4. The Kier molecular flexibility index (Phi) is 6.77. The van der Waals surface area contributed by atoms with Crippen LogP contribution in [0.5, 0.6) is 0 Å².